The maximum atomic E-state index is 6.12. The summed E-state index contributed by atoms with van der Waals surface area (Å²) in [6.45, 7) is 3.25. The molecule has 1 aromatic heterocycles. The van der Waals surface area contributed by atoms with E-state index in [0.29, 0.717) is 5.92 Å². The average Bonchev–Trinajstić information content (AvgIpc) is 3.10. The van der Waals surface area contributed by atoms with Gasteiger partial charge in [0, 0.05) is 29.1 Å². The maximum Gasteiger partial charge on any atom is 0.0687 e. The number of benzene rings is 2. The lowest BCUT2D eigenvalue weighted by atomic mass is 9.89. The molecule has 1 atom stereocenters. The SMILES string of the molecule is CSc1ccc(CN2CCCC(c3cc(N)cc4cn[nH]c34)C2)cc1. The molecule has 0 amide bonds. The van der Waals surface area contributed by atoms with Crippen LogP contribution < -0.4 is 5.73 Å². The van der Waals surface area contributed by atoms with Crippen LogP contribution in [0, 0.1) is 0 Å². The van der Waals surface area contributed by atoms with Crippen LogP contribution in [-0.2, 0) is 6.54 Å². The summed E-state index contributed by atoms with van der Waals surface area (Å²) in [5.74, 6) is 0.505. The van der Waals surface area contributed by atoms with Crippen molar-refractivity contribution < 1.29 is 0 Å². The zero-order chi connectivity index (χ0) is 17.2. The molecule has 4 rings (SSSR count). The topological polar surface area (TPSA) is 57.9 Å². The number of aromatic amines is 1. The highest BCUT2D eigenvalue weighted by molar-refractivity contribution is 7.98. The first kappa shape index (κ1) is 16.5. The fourth-order valence-corrected chi connectivity index (χ4v) is 4.28. The van der Waals surface area contributed by atoms with Gasteiger partial charge < -0.3 is 5.73 Å². The molecule has 3 aromatic rings. The van der Waals surface area contributed by atoms with E-state index in [1.807, 2.05) is 12.3 Å². The number of nitrogens with zero attached hydrogens (tertiary/aromatic N) is 2. The highest BCUT2D eigenvalue weighted by Gasteiger charge is 2.23. The highest BCUT2D eigenvalue weighted by Crippen LogP contribution is 2.33. The van der Waals surface area contributed by atoms with Gasteiger partial charge in [-0.1, -0.05) is 12.1 Å². The first-order valence-electron chi connectivity index (χ1n) is 8.81. The van der Waals surface area contributed by atoms with Gasteiger partial charge in [-0.05, 0) is 67.0 Å². The molecule has 130 valence electrons. The minimum atomic E-state index is 0.505. The number of nitrogens with two attached hydrogens (primary N) is 1. The number of anilines is 1. The molecule has 1 unspecified atom stereocenters. The lowest BCUT2D eigenvalue weighted by Crippen LogP contribution is -2.34. The lowest BCUT2D eigenvalue weighted by Gasteiger charge is -2.33. The van der Waals surface area contributed by atoms with Crippen molar-refractivity contribution in [2.75, 3.05) is 25.1 Å². The monoisotopic (exact) mass is 352 g/mol. The summed E-state index contributed by atoms with van der Waals surface area (Å²) in [6.07, 6.45) is 6.41. The molecule has 2 aromatic carbocycles. The fourth-order valence-electron chi connectivity index (χ4n) is 3.87. The quantitative estimate of drug-likeness (QED) is 0.544. The summed E-state index contributed by atoms with van der Waals surface area (Å²) in [6, 6.07) is 13.1. The Kier molecular flexibility index (Phi) is 4.68. The summed E-state index contributed by atoms with van der Waals surface area (Å²) in [5, 5.41) is 8.48. The van der Waals surface area contributed by atoms with Crippen molar-refractivity contribution in [2.24, 2.45) is 0 Å². The zero-order valence-corrected chi connectivity index (χ0v) is 15.4. The summed E-state index contributed by atoms with van der Waals surface area (Å²) < 4.78 is 0. The predicted octanol–water partition coefficient (Wildman–Crippen LogP) is 4.25. The minimum absolute atomic E-state index is 0.505. The van der Waals surface area contributed by atoms with Crippen molar-refractivity contribution in [2.45, 2.75) is 30.2 Å². The summed E-state index contributed by atoms with van der Waals surface area (Å²) in [7, 11) is 0. The van der Waals surface area contributed by atoms with Crippen molar-refractivity contribution in [3.05, 3.63) is 53.7 Å². The Morgan fingerprint density at radius 3 is 2.92 bits per heavy atom. The molecule has 1 aliphatic heterocycles. The van der Waals surface area contributed by atoms with E-state index in [9.17, 15) is 0 Å². The summed E-state index contributed by atoms with van der Waals surface area (Å²) in [5.41, 5.74) is 10.8. The second kappa shape index (κ2) is 7.10. The van der Waals surface area contributed by atoms with Crippen LogP contribution in [-0.4, -0.2) is 34.4 Å². The Bertz CT molecular complexity index is 856. The van der Waals surface area contributed by atoms with Crippen LogP contribution in [0.3, 0.4) is 0 Å². The second-order valence-electron chi connectivity index (χ2n) is 6.87. The highest BCUT2D eigenvalue weighted by atomic mass is 32.2. The molecular weight excluding hydrogens is 328 g/mol. The molecule has 0 radical (unpaired) electrons. The van der Waals surface area contributed by atoms with Gasteiger partial charge >= 0.3 is 0 Å². The maximum absolute atomic E-state index is 6.12. The van der Waals surface area contributed by atoms with Crippen molar-refractivity contribution in [1.29, 1.82) is 0 Å². The summed E-state index contributed by atoms with van der Waals surface area (Å²) in [4.78, 5) is 3.88. The average molecular weight is 353 g/mol. The molecule has 0 aliphatic carbocycles. The number of hydrogen-bond donors (Lipinski definition) is 2. The van der Waals surface area contributed by atoms with E-state index in [1.165, 1.54) is 28.9 Å². The van der Waals surface area contributed by atoms with Crippen molar-refractivity contribution >= 4 is 28.4 Å². The van der Waals surface area contributed by atoms with Crippen LogP contribution in [0.5, 0.6) is 0 Å². The van der Waals surface area contributed by atoms with Crippen LogP contribution in [0.1, 0.15) is 29.9 Å². The predicted molar refractivity (Wildman–Crippen MR) is 106 cm³/mol. The second-order valence-corrected chi connectivity index (χ2v) is 7.75. The number of fused-ring (bicyclic) bond motifs is 1. The molecule has 1 fully saturated rings. The fraction of sp³-hybridized carbons (Fsp3) is 0.350. The molecule has 0 bridgehead atoms. The first-order chi connectivity index (χ1) is 12.2. The van der Waals surface area contributed by atoms with E-state index in [4.69, 9.17) is 5.73 Å². The van der Waals surface area contributed by atoms with E-state index < -0.39 is 0 Å². The Morgan fingerprint density at radius 1 is 1.28 bits per heavy atom. The van der Waals surface area contributed by atoms with Crippen molar-refractivity contribution in [1.82, 2.24) is 15.1 Å². The lowest BCUT2D eigenvalue weighted by molar-refractivity contribution is 0.200. The van der Waals surface area contributed by atoms with Crippen LogP contribution in [0.2, 0.25) is 0 Å². The Hall–Kier alpha value is -1.98. The van der Waals surface area contributed by atoms with Crippen LogP contribution in [0.4, 0.5) is 5.69 Å². The third-order valence-electron chi connectivity index (χ3n) is 5.11. The van der Waals surface area contributed by atoms with Crippen LogP contribution in [0.15, 0.2) is 47.5 Å². The van der Waals surface area contributed by atoms with Gasteiger partial charge in [0.25, 0.3) is 0 Å². The molecule has 1 saturated heterocycles. The summed E-state index contributed by atoms with van der Waals surface area (Å²) >= 11 is 1.79. The van der Waals surface area contributed by atoms with Crippen molar-refractivity contribution in [3.8, 4) is 0 Å². The molecular formula is C20H24N4S. The van der Waals surface area contributed by atoms with Gasteiger partial charge in [0.05, 0.1) is 11.7 Å². The van der Waals surface area contributed by atoms with Crippen LogP contribution >= 0.6 is 11.8 Å². The molecule has 2 heterocycles. The van der Waals surface area contributed by atoms with Crippen molar-refractivity contribution in [3.63, 3.8) is 0 Å². The van der Waals surface area contributed by atoms with Gasteiger partial charge in [0.2, 0.25) is 0 Å². The Balaban J connectivity index is 1.53. The number of aromatic nitrogens is 2. The number of hydrogen-bond acceptors (Lipinski definition) is 4. The van der Waals surface area contributed by atoms with E-state index >= 15 is 0 Å². The van der Waals surface area contributed by atoms with E-state index in [1.54, 1.807) is 11.8 Å². The normalized spacial score (nSPS) is 18.7. The standard InChI is InChI=1S/C20H24N4S/c1-25-18-6-4-14(5-7-18)12-24-8-2-3-15(13-24)19-10-17(21)9-16-11-22-23-20(16)19/h4-7,9-11,15H,2-3,8,12-13,21H2,1H3,(H,22,23). The van der Waals surface area contributed by atoms with E-state index in [0.717, 1.165) is 36.2 Å². The molecule has 5 heteroatoms. The molecule has 25 heavy (non-hydrogen) atoms. The van der Waals surface area contributed by atoms with Gasteiger partial charge in [-0.2, -0.15) is 5.10 Å². The number of rotatable bonds is 4. The largest absolute Gasteiger partial charge is 0.399 e. The van der Waals surface area contributed by atoms with Gasteiger partial charge in [-0.25, -0.2) is 0 Å². The van der Waals surface area contributed by atoms with Gasteiger partial charge in [-0.3, -0.25) is 10.00 Å². The number of nitrogen functional groups attached to an aromatic ring is 1. The van der Waals surface area contributed by atoms with E-state index in [2.05, 4.69) is 51.7 Å². The molecule has 1 aliphatic rings. The van der Waals surface area contributed by atoms with Gasteiger partial charge in [-0.15, -0.1) is 11.8 Å². The minimum Gasteiger partial charge on any atom is -0.399 e. The number of piperidine rings is 1. The molecule has 4 nitrogen and oxygen atoms in total. The Labute approximate surface area is 152 Å². The molecule has 0 spiro atoms. The molecule has 0 saturated carbocycles. The number of H-pyrrole nitrogens is 1. The third-order valence-corrected chi connectivity index (χ3v) is 5.86. The third kappa shape index (κ3) is 3.53. The smallest absolute Gasteiger partial charge is 0.0687 e. The van der Waals surface area contributed by atoms with Gasteiger partial charge in [0.1, 0.15) is 0 Å². The van der Waals surface area contributed by atoms with Gasteiger partial charge in [0.15, 0.2) is 0 Å². The Morgan fingerprint density at radius 2 is 2.12 bits per heavy atom. The van der Waals surface area contributed by atoms with E-state index in [-0.39, 0.29) is 0 Å². The zero-order valence-electron chi connectivity index (χ0n) is 14.5. The number of likely N-dealkylation sites (tertiary alicyclic amines) is 1. The van der Waals surface area contributed by atoms with Crippen LogP contribution in [0.25, 0.3) is 10.9 Å². The number of thioether (sulfide) groups is 1. The molecule has 3 N–H and O–H groups in total. The first-order valence-corrected chi connectivity index (χ1v) is 10.0. The number of nitrogens with one attached hydrogen (secondary N) is 1.